The van der Waals surface area contributed by atoms with Crippen LogP contribution in [0.1, 0.15) is 31.9 Å². The van der Waals surface area contributed by atoms with Crippen molar-refractivity contribution in [2.45, 2.75) is 26.3 Å². The molecule has 1 N–H and O–H groups in total. The summed E-state index contributed by atoms with van der Waals surface area (Å²) in [5, 5.41) is 11.1. The third kappa shape index (κ3) is 4.47. The Kier molecular flexibility index (Phi) is 6.21. The minimum Gasteiger partial charge on any atom is -0.497 e. The number of rotatable bonds is 7. The van der Waals surface area contributed by atoms with Crippen molar-refractivity contribution in [2.75, 3.05) is 34.0 Å². The van der Waals surface area contributed by atoms with Crippen molar-refractivity contribution >= 4 is 5.97 Å². The number of carbonyl (C=O) groups is 1. The van der Waals surface area contributed by atoms with Crippen LogP contribution in [0.15, 0.2) is 24.3 Å². The molecule has 0 aliphatic carbocycles. The Morgan fingerprint density at radius 3 is 2.50 bits per heavy atom. The Balaban J connectivity index is 2.01. The number of hydroxylamine groups is 2. The molecule has 1 aromatic rings. The van der Waals surface area contributed by atoms with Gasteiger partial charge in [-0.2, -0.15) is 5.06 Å². The molecule has 0 aromatic heterocycles. The van der Waals surface area contributed by atoms with Crippen LogP contribution in [0.3, 0.4) is 0 Å². The maximum atomic E-state index is 12.3. The van der Waals surface area contributed by atoms with Gasteiger partial charge in [-0.25, -0.2) is 0 Å². The van der Waals surface area contributed by atoms with Gasteiger partial charge in [0.15, 0.2) is 0 Å². The van der Waals surface area contributed by atoms with E-state index in [1.54, 1.807) is 14.2 Å². The SMILES string of the molecule is COc1ccc([C@H]2C[C@H](C(=O)OCC(C)(C)CO)CN2OC)cc1. The lowest BCUT2D eigenvalue weighted by Gasteiger charge is -2.22. The molecule has 0 amide bonds. The van der Waals surface area contributed by atoms with E-state index in [1.165, 1.54) is 0 Å². The van der Waals surface area contributed by atoms with Crippen molar-refractivity contribution in [3.63, 3.8) is 0 Å². The van der Waals surface area contributed by atoms with Crippen molar-refractivity contribution in [2.24, 2.45) is 11.3 Å². The van der Waals surface area contributed by atoms with Gasteiger partial charge in [0.05, 0.1) is 39.4 Å². The summed E-state index contributed by atoms with van der Waals surface area (Å²) in [5.41, 5.74) is 0.647. The standard InChI is InChI=1S/C18H27NO5/c1-18(2,11-20)12-24-17(21)14-9-16(19(10-14)23-4)13-5-7-15(22-3)8-6-13/h5-8,14,16,20H,9-12H2,1-4H3/t14-,16+/m0/s1. The van der Waals surface area contributed by atoms with Gasteiger partial charge in [-0.05, 0) is 24.1 Å². The first-order valence-corrected chi connectivity index (χ1v) is 8.12. The Morgan fingerprint density at radius 2 is 1.96 bits per heavy atom. The van der Waals surface area contributed by atoms with E-state index in [2.05, 4.69) is 0 Å². The second-order valence-corrected chi connectivity index (χ2v) is 6.93. The van der Waals surface area contributed by atoms with Crippen molar-refractivity contribution in [1.82, 2.24) is 5.06 Å². The maximum absolute atomic E-state index is 12.3. The number of methoxy groups -OCH3 is 1. The largest absolute Gasteiger partial charge is 0.497 e. The number of esters is 1. The first-order chi connectivity index (χ1) is 11.4. The van der Waals surface area contributed by atoms with Gasteiger partial charge < -0.3 is 19.4 Å². The highest BCUT2D eigenvalue weighted by Gasteiger charge is 2.38. The van der Waals surface area contributed by atoms with Crippen LogP contribution in [0, 0.1) is 11.3 Å². The molecule has 2 atom stereocenters. The number of benzene rings is 1. The van der Waals surface area contributed by atoms with E-state index in [0.29, 0.717) is 13.0 Å². The minimum atomic E-state index is -0.426. The lowest BCUT2D eigenvalue weighted by molar-refractivity contribution is -0.158. The summed E-state index contributed by atoms with van der Waals surface area (Å²) in [6.45, 7) is 4.39. The molecule has 1 heterocycles. The van der Waals surface area contributed by atoms with Crippen LogP contribution in [-0.2, 0) is 14.4 Å². The zero-order valence-corrected chi connectivity index (χ0v) is 14.8. The lowest BCUT2D eigenvalue weighted by atomic mass is 9.96. The average molecular weight is 337 g/mol. The first kappa shape index (κ1) is 18.7. The fourth-order valence-corrected chi connectivity index (χ4v) is 2.74. The Labute approximate surface area is 143 Å². The van der Waals surface area contributed by atoms with E-state index in [0.717, 1.165) is 11.3 Å². The Morgan fingerprint density at radius 1 is 1.29 bits per heavy atom. The number of nitrogens with zero attached hydrogens (tertiary/aromatic N) is 1. The summed E-state index contributed by atoms with van der Waals surface area (Å²) in [6.07, 6.45) is 0.637. The van der Waals surface area contributed by atoms with Crippen LogP contribution in [0.2, 0.25) is 0 Å². The Hall–Kier alpha value is -1.63. The van der Waals surface area contributed by atoms with Gasteiger partial charge in [0.1, 0.15) is 5.75 Å². The lowest BCUT2D eigenvalue weighted by Crippen LogP contribution is -2.29. The summed E-state index contributed by atoms with van der Waals surface area (Å²) < 4.78 is 10.6. The molecule has 0 unspecified atom stereocenters. The number of hydrogen-bond donors (Lipinski definition) is 1. The second kappa shape index (κ2) is 7.96. The maximum Gasteiger partial charge on any atom is 0.310 e. The molecule has 2 rings (SSSR count). The number of aliphatic hydroxyl groups is 1. The zero-order chi connectivity index (χ0) is 17.7. The molecule has 1 aromatic carbocycles. The van der Waals surface area contributed by atoms with E-state index in [4.69, 9.17) is 14.3 Å². The van der Waals surface area contributed by atoms with Crippen LogP contribution >= 0.6 is 0 Å². The normalized spacial score (nSPS) is 21.7. The molecule has 0 saturated carbocycles. The first-order valence-electron chi connectivity index (χ1n) is 8.12. The minimum absolute atomic E-state index is 0.00399. The van der Waals surface area contributed by atoms with Crippen molar-refractivity contribution in [3.05, 3.63) is 29.8 Å². The molecule has 1 fully saturated rings. The monoisotopic (exact) mass is 337 g/mol. The number of aliphatic hydroxyl groups excluding tert-OH is 1. The van der Waals surface area contributed by atoms with E-state index >= 15 is 0 Å². The number of hydrogen-bond acceptors (Lipinski definition) is 6. The molecule has 1 aliphatic heterocycles. The van der Waals surface area contributed by atoms with Gasteiger partial charge >= 0.3 is 5.97 Å². The number of ether oxygens (including phenoxy) is 2. The van der Waals surface area contributed by atoms with Gasteiger partial charge in [0.2, 0.25) is 0 Å². The van der Waals surface area contributed by atoms with E-state index in [9.17, 15) is 9.90 Å². The third-order valence-corrected chi connectivity index (χ3v) is 4.36. The fraction of sp³-hybridized carbons (Fsp3) is 0.611. The molecule has 1 saturated heterocycles. The molecule has 6 nitrogen and oxygen atoms in total. The van der Waals surface area contributed by atoms with Crippen molar-refractivity contribution < 1.29 is 24.2 Å². The van der Waals surface area contributed by atoms with Crippen LogP contribution in [0.4, 0.5) is 0 Å². The molecule has 0 bridgehead atoms. The van der Waals surface area contributed by atoms with Crippen LogP contribution in [-0.4, -0.2) is 50.1 Å². The quantitative estimate of drug-likeness (QED) is 0.769. The summed E-state index contributed by atoms with van der Waals surface area (Å²) in [6, 6.07) is 7.78. The van der Waals surface area contributed by atoms with Gasteiger partial charge in [0.25, 0.3) is 0 Å². The van der Waals surface area contributed by atoms with E-state index in [1.807, 2.05) is 43.2 Å². The van der Waals surface area contributed by atoms with Crippen LogP contribution in [0.5, 0.6) is 5.75 Å². The molecule has 0 spiro atoms. The highest BCUT2D eigenvalue weighted by Crippen LogP contribution is 2.36. The predicted octanol–water partition coefficient (Wildman–Crippen LogP) is 2.18. The molecule has 1 aliphatic rings. The number of carbonyl (C=O) groups excluding carboxylic acids is 1. The van der Waals surface area contributed by atoms with Gasteiger partial charge in [-0.3, -0.25) is 4.79 Å². The van der Waals surface area contributed by atoms with Gasteiger partial charge in [-0.15, -0.1) is 0 Å². The van der Waals surface area contributed by atoms with Gasteiger partial charge in [0, 0.05) is 12.0 Å². The highest BCUT2D eigenvalue weighted by molar-refractivity contribution is 5.73. The van der Waals surface area contributed by atoms with Crippen LogP contribution < -0.4 is 4.74 Å². The summed E-state index contributed by atoms with van der Waals surface area (Å²) >= 11 is 0. The molecule has 6 heteroatoms. The zero-order valence-electron chi connectivity index (χ0n) is 14.8. The summed E-state index contributed by atoms with van der Waals surface area (Å²) in [7, 11) is 3.24. The molecule has 24 heavy (non-hydrogen) atoms. The summed E-state index contributed by atoms with van der Waals surface area (Å²) in [4.78, 5) is 17.8. The summed E-state index contributed by atoms with van der Waals surface area (Å²) in [5.74, 6) is 0.309. The molecular weight excluding hydrogens is 310 g/mol. The Bertz CT molecular complexity index is 543. The van der Waals surface area contributed by atoms with E-state index < -0.39 is 5.41 Å². The molecular formula is C18H27NO5. The molecule has 134 valence electrons. The second-order valence-electron chi connectivity index (χ2n) is 6.93. The van der Waals surface area contributed by atoms with Crippen molar-refractivity contribution in [1.29, 1.82) is 0 Å². The van der Waals surface area contributed by atoms with Gasteiger partial charge in [-0.1, -0.05) is 26.0 Å². The smallest absolute Gasteiger partial charge is 0.310 e. The predicted molar refractivity (Wildman–Crippen MR) is 89.4 cm³/mol. The van der Waals surface area contributed by atoms with Crippen LogP contribution in [0.25, 0.3) is 0 Å². The topological polar surface area (TPSA) is 68.2 Å². The van der Waals surface area contributed by atoms with Crippen molar-refractivity contribution in [3.8, 4) is 5.75 Å². The molecule has 0 radical (unpaired) electrons. The average Bonchev–Trinajstić information content (AvgIpc) is 3.04. The third-order valence-electron chi connectivity index (χ3n) is 4.36. The van der Waals surface area contributed by atoms with E-state index in [-0.39, 0.29) is 31.1 Å². The fourth-order valence-electron chi connectivity index (χ4n) is 2.74. The highest BCUT2D eigenvalue weighted by atomic mass is 16.7.